The topological polar surface area (TPSA) is 101 Å². The predicted octanol–water partition coefficient (Wildman–Crippen LogP) is 2.09. The maximum absolute atomic E-state index is 12.2. The van der Waals surface area contributed by atoms with Gasteiger partial charge in [0.1, 0.15) is 0 Å². The second-order valence-corrected chi connectivity index (χ2v) is 7.02. The van der Waals surface area contributed by atoms with Crippen LogP contribution in [0, 0.1) is 10.1 Å². The first-order valence-corrected chi connectivity index (χ1v) is 8.43. The van der Waals surface area contributed by atoms with Gasteiger partial charge in [-0.3, -0.25) is 10.1 Å². The monoisotopic (exact) mass is 369 g/mol. The molecule has 0 saturated carbocycles. The Hall–Kier alpha value is -0.930. The van der Waals surface area contributed by atoms with Crippen molar-refractivity contribution in [2.24, 2.45) is 0 Å². The van der Waals surface area contributed by atoms with Crippen LogP contribution in [-0.2, 0) is 10.0 Å². The minimum Gasteiger partial charge on any atom is -0.314 e. The van der Waals surface area contributed by atoms with Gasteiger partial charge in [0.2, 0.25) is 10.0 Å². The average molecular weight is 370 g/mol. The van der Waals surface area contributed by atoms with Crippen molar-refractivity contribution in [3.05, 3.63) is 33.3 Å². The van der Waals surface area contributed by atoms with E-state index in [4.69, 9.17) is 11.6 Å². The van der Waals surface area contributed by atoms with Gasteiger partial charge in [0.05, 0.1) is 4.92 Å². The summed E-state index contributed by atoms with van der Waals surface area (Å²) in [4.78, 5) is 9.83. The van der Waals surface area contributed by atoms with Crippen LogP contribution < -0.4 is 10.0 Å². The molecular weight excluding hydrogens is 353 g/mol. The molecule has 1 aromatic rings. The summed E-state index contributed by atoms with van der Waals surface area (Å²) in [6.07, 6.45) is 2.75. The van der Waals surface area contributed by atoms with Gasteiger partial charge in [-0.2, -0.15) is 0 Å². The molecule has 0 aromatic heterocycles. The Morgan fingerprint density at radius 3 is 2.77 bits per heavy atom. The number of rotatable bonds is 6. The summed E-state index contributed by atoms with van der Waals surface area (Å²) in [6, 6.07) is 3.81. The lowest BCUT2D eigenvalue weighted by Gasteiger charge is -2.11. The molecule has 2 rings (SSSR count). The van der Waals surface area contributed by atoms with E-state index in [0.717, 1.165) is 31.5 Å². The number of sulfonamides is 1. The number of nitrogens with one attached hydrogen (secondary N) is 2. The molecule has 1 fully saturated rings. The van der Waals surface area contributed by atoms with Crippen LogP contribution in [0.25, 0.3) is 0 Å². The van der Waals surface area contributed by atoms with Gasteiger partial charge in [-0.1, -0.05) is 11.6 Å². The number of nitrogens with zero attached hydrogens (tertiary/aromatic N) is 1. The summed E-state index contributed by atoms with van der Waals surface area (Å²) in [5.74, 6) is 0. The van der Waals surface area contributed by atoms with Gasteiger partial charge in [-0.25, -0.2) is 13.1 Å². The van der Waals surface area contributed by atoms with Crippen molar-refractivity contribution in [3.8, 4) is 0 Å². The van der Waals surface area contributed by atoms with Crippen molar-refractivity contribution in [2.75, 3.05) is 13.1 Å². The van der Waals surface area contributed by atoms with E-state index < -0.39 is 20.6 Å². The molecule has 1 atom stereocenters. The van der Waals surface area contributed by atoms with Crippen LogP contribution in [0.3, 0.4) is 0 Å². The fourth-order valence-corrected chi connectivity index (χ4v) is 3.67. The van der Waals surface area contributed by atoms with Crippen LogP contribution in [0.5, 0.6) is 0 Å². The van der Waals surface area contributed by atoms with Crippen molar-refractivity contribution < 1.29 is 13.3 Å². The average Bonchev–Trinajstić information content (AvgIpc) is 2.91. The maximum atomic E-state index is 12.2. The zero-order valence-electron chi connectivity index (χ0n) is 11.6. The molecular formula is C12H17Cl2N3O4S. The molecule has 7 nitrogen and oxygen atoms in total. The number of nitro benzene ring substituents is 1. The lowest BCUT2D eigenvalue weighted by atomic mass is 10.2. The highest BCUT2D eigenvalue weighted by molar-refractivity contribution is 7.89. The second kappa shape index (κ2) is 8.07. The largest absolute Gasteiger partial charge is 0.314 e. The van der Waals surface area contributed by atoms with Gasteiger partial charge < -0.3 is 5.32 Å². The molecule has 22 heavy (non-hydrogen) atoms. The Bertz CT molecular complexity index is 633. The number of hydrogen-bond donors (Lipinski definition) is 2. The fraction of sp³-hybridized carbons (Fsp3) is 0.500. The molecule has 1 aliphatic rings. The predicted molar refractivity (Wildman–Crippen MR) is 86.2 cm³/mol. The first kappa shape index (κ1) is 19.1. The quantitative estimate of drug-likeness (QED) is 0.590. The van der Waals surface area contributed by atoms with E-state index in [1.54, 1.807) is 0 Å². The smallest absolute Gasteiger partial charge is 0.290 e. The number of benzene rings is 1. The zero-order chi connectivity index (χ0) is 15.5. The Morgan fingerprint density at radius 2 is 2.18 bits per heavy atom. The highest BCUT2D eigenvalue weighted by atomic mass is 35.5. The SMILES string of the molecule is Cl.O=[N+]([O-])c1cc(Cl)ccc1S(=O)(=O)NCC[C@H]1CCCN1. The van der Waals surface area contributed by atoms with E-state index >= 15 is 0 Å². The number of nitro groups is 1. The minimum atomic E-state index is -3.92. The van der Waals surface area contributed by atoms with E-state index in [0.29, 0.717) is 12.5 Å². The summed E-state index contributed by atoms with van der Waals surface area (Å²) in [5, 5.41) is 14.3. The van der Waals surface area contributed by atoms with E-state index in [1.165, 1.54) is 6.07 Å². The molecule has 10 heteroatoms. The highest BCUT2D eigenvalue weighted by Crippen LogP contribution is 2.27. The molecule has 0 aliphatic carbocycles. The van der Waals surface area contributed by atoms with Crippen LogP contribution in [0.1, 0.15) is 19.3 Å². The lowest BCUT2D eigenvalue weighted by molar-refractivity contribution is -0.387. The van der Waals surface area contributed by atoms with Crippen molar-refractivity contribution in [2.45, 2.75) is 30.2 Å². The normalized spacial score (nSPS) is 18.0. The minimum absolute atomic E-state index is 0. The van der Waals surface area contributed by atoms with Gasteiger partial charge in [-0.15, -0.1) is 12.4 Å². The van der Waals surface area contributed by atoms with E-state index in [-0.39, 0.29) is 28.9 Å². The maximum Gasteiger partial charge on any atom is 0.290 e. The fourth-order valence-electron chi connectivity index (χ4n) is 2.31. The molecule has 0 unspecified atom stereocenters. The van der Waals surface area contributed by atoms with Crippen LogP contribution in [0.2, 0.25) is 5.02 Å². The van der Waals surface area contributed by atoms with Gasteiger partial charge in [0, 0.05) is 23.7 Å². The third-order valence-corrected chi connectivity index (χ3v) is 5.10. The van der Waals surface area contributed by atoms with Gasteiger partial charge in [-0.05, 0) is 37.9 Å². The van der Waals surface area contributed by atoms with Gasteiger partial charge in [0.15, 0.2) is 4.90 Å². The zero-order valence-corrected chi connectivity index (χ0v) is 14.0. The summed E-state index contributed by atoms with van der Waals surface area (Å²) in [5.41, 5.74) is -0.519. The summed E-state index contributed by atoms with van der Waals surface area (Å²) in [7, 11) is -3.92. The van der Waals surface area contributed by atoms with E-state index in [9.17, 15) is 18.5 Å². The Balaban J connectivity index is 0.00000242. The Labute approximate surface area is 140 Å². The van der Waals surface area contributed by atoms with E-state index in [1.807, 2.05) is 0 Å². The van der Waals surface area contributed by atoms with Crippen LogP contribution in [-0.4, -0.2) is 32.5 Å². The second-order valence-electron chi connectivity index (χ2n) is 4.85. The Morgan fingerprint density at radius 1 is 1.45 bits per heavy atom. The molecule has 1 aliphatic heterocycles. The molecule has 0 radical (unpaired) electrons. The van der Waals surface area contributed by atoms with Crippen LogP contribution in [0.4, 0.5) is 5.69 Å². The van der Waals surface area contributed by atoms with Crippen molar-refractivity contribution in [1.29, 1.82) is 0 Å². The lowest BCUT2D eigenvalue weighted by Crippen LogP contribution is -2.31. The molecule has 0 spiro atoms. The van der Waals surface area contributed by atoms with Crippen molar-refractivity contribution >= 4 is 39.7 Å². The summed E-state index contributed by atoms with van der Waals surface area (Å²) in [6.45, 7) is 1.18. The van der Waals surface area contributed by atoms with E-state index in [2.05, 4.69) is 10.0 Å². The first-order chi connectivity index (χ1) is 9.90. The molecule has 0 bridgehead atoms. The summed E-state index contributed by atoms with van der Waals surface area (Å²) < 4.78 is 26.7. The molecule has 0 amide bonds. The van der Waals surface area contributed by atoms with Crippen molar-refractivity contribution in [3.63, 3.8) is 0 Å². The molecule has 1 heterocycles. The molecule has 124 valence electrons. The number of hydrogen-bond acceptors (Lipinski definition) is 5. The standard InChI is InChI=1S/C12H16ClN3O4S.ClH/c13-9-3-4-12(11(8-9)16(17)18)21(19,20)15-7-5-10-2-1-6-14-10;/h3-4,8,10,14-15H,1-2,5-7H2;1H/t10-;/m1./s1. The third-order valence-electron chi connectivity index (χ3n) is 3.35. The number of halogens is 2. The van der Waals surface area contributed by atoms with Crippen molar-refractivity contribution in [1.82, 2.24) is 10.0 Å². The van der Waals surface area contributed by atoms with Crippen LogP contribution >= 0.6 is 24.0 Å². The Kier molecular flexibility index (Phi) is 7.01. The van der Waals surface area contributed by atoms with Crippen LogP contribution in [0.15, 0.2) is 23.1 Å². The summed E-state index contributed by atoms with van der Waals surface area (Å²) >= 11 is 5.67. The molecule has 2 N–H and O–H groups in total. The van der Waals surface area contributed by atoms with Gasteiger partial charge in [0.25, 0.3) is 5.69 Å². The first-order valence-electron chi connectivity index (χ1n) is 6.57. The molecule has 1 saturated heterocycles. The third kappa shape index (κ3) is 4.79. The highest BCUT2D eigenvalue weighted by Gasteiger charge is 2.26. The molecule has 1 aromatic carbocycles. The van der Waals surface area contributed by atoms with Gasteiger partial charge >= 0.3 is 0 Å².